The minimum Gasteiger partial charge on any atom is -0.489 e. The Balaban J connectivity index is 1.49. The van der Waals surface area contributed by atoms with Crippen LogP contribution in [-0.2, 0) is 22.5 Å². The number of aliphatic carboxylic acids is 1. The van der Waals surface area contributed by atoms with E-state index in [2.05, 4.69) is 61.4 Å². The number of carboxylic acid groups (broad SMARTS) is 1. The lowest BCUT2D eigenvalue weighted by molar-refractivity contribution is -0.137. The van der Waals surface area contributed by atoms with Gasteiger partial charge in [0.1, 0.15) is 12.4 Å². The second-order valence-corrected chi connectivity index (χ2v) is 11.6. The SMILES string of the molecule is CC#CC(CC(=O)O)c1ccc(COc2ccc3scc(-c4ccc(C(C)CCS(=O)O)cc4C)c3c2)cc1. The number of aryl methyl sites for hydroxylation is 1. The van der Waals surface area contributed by atoms with Crippen LogP contribution in [0.15, 0.2) is 66.0 Å². The van der Waals surface area contributed by atoms with Crippen LogP contribution in [0.4, 0.5) is 0 Å². The number of carboxylic acids is 1. The number of carbonyl (C=O) groups is 1. The van der Waals surface area contributed by atoms with Crippen LogP contribution >= 0.6 is 11.3 Å². The molecule has 0 fully saturated rings. The molecule has 5 nitrogen and oxygen atoms in total. The van der Waals surface area contributed by atoms with Crippen molar-refractivity contribution in [3.05, 3.63) is 88.3 Å². The van der Waals surface area contributed by atoms with Gasteiger partial charge in [0.2, 0.25) is 0 Å². The van der Waals surface area contributed by atoms with Crippen LogP contribution in [0.1, 0.15) is 60.8 Å². The molecule has 0 aliphatic rings. The number of thiophene rings is 1. The van der Waals surface area contributed by atoms with Crippen LogP contribution in [-0.4, -0.2) is 25.6 Å². The second kappa shape index (κ2) is 13.1. The average Bonchev–Trinajstić information content (AvgIpc) is 3.33. The first-order valence-corrected chi connectivity index (χ1v) is 15.0. The van der Waals surface area contributed by atoms with Crippen molar-refractivity contribution in [2.75, 3.05) is 5.75 Å². The van der Waals surface area contributed by atoms with Crippen molar-refractivity contribution in [1.29, 1.82) is 0 Å². The van der Waals surface area contributed by atoms with Crippen LogP contribution in [0, 0.1) is 18.8 Å². The van der Waals surface area contributed by atoms with Gasteiger partial charge in [-0.1, -0.05) is 55.3 Å². The van der Waals surface area contributed by atoms with Gasteiger partial charge in [0.15, 0.2) is 11.1 Å². The molecule has 4 rings (SSSR count). The molecule has 0 radical (unpaired) electrons. The Morgan fingerprint density at radius 3 is 2.46 bits per heavy atom. The molecule has 0 saturated carbocycles. The van der Waals surface area contributed by atoms with Gasteiger partial charge >= 0.3 is 5.97 Å². The van der Waals surface area contributed by atoms with Gasteiger partial charge in [0.05, 0.1) is 12.3 Å². The predicted molar refractivity (Wildman–Crippen MR) is 160 cm³/mol. The van der Waals surface area contributed by atoms with Crippen molar-refractivity contribution in [3.8, 4) is 28.7 Å². The molecule has 1 heterocycles. The van der Waals surface area contributed by atoms with E-state index in [-0.39, 0.29) is 24.0 Å². The van der Waals surface area contributed by atoms with Crippen molar-refractivity contribution < 1.29 is 23.4 Å². The number of ether oxygens (including phenoxy) is 1. The van der Waals surface area contributed by atoms with Crippen molar-refractivity contribution >= 4 is 38.5 Å². The summed E-state index contributed by atoms with van der Waals surface area (Å²) in [4.78, 5) is 11.2. The monoisotopic (exact) mass is 560 g/mol. The normalized spacial score (nSPS) is 13.3. The highest BCUT2D eigenvalue weighted by atomic mass is 32.2. The highest BCUT2D eigenvalue weighted by Gasteiger charge is 2.15. The largest absolute Gasteiger partial charge is 0.489 e. The van der Waals surface area contributed by atoms with E-state index in [1.54, 1.807) is 18.3 Å². The number of hydrogen-bond acceptors (Lipinski definition) is 4. The number of hydrogen-bond donors (Lipinski definition) is 2. The summed E-state index contributed by atoms with van der Waals surface area (Å²) in [6.07, 6.45) is 0.648. The van der Waals surface area contributed by atoms with Gasteiger partial charge in [-0.05, 0) is 77.6 Å². The Morgan fingerprint density at radius 2 is 1.79 bits per heavy atom. The van der Waals surface area contributed by atoms with E-state index in [0.29, 0.717) is 13.0 Å². The molecule has 0 bridgehead atoms. The summed E-state index contributed by atoms with van der Waals surface area (Å²) in [5, 5.41) is 12.5. The highest BCUT2D eigenvalue weighted by molar-refractivity contribution is 7.79. The van der Waals surface area contributed by atoms with Gasteiger partial charge in [-0.15, -0.1) is 17.3 Å². The summed E-state index contributed by atoms with van der Waals surface area (Å²) in [6, 6.07) is 20.4. The molecule has 3 aromatic carbocycles. The van der Waals surface area contributed by atoms with Crippen LogP contribution < -0.4 is 4.74 Å². The summed E-state index contributed by atoms with van der Waals surface area (Å²) >= 11 is -0.0624. The van der Waals surface area contributed by atoms with Crippen LogP contribution in [0.5, 0.6) is 5.75 Å². The zero-order chi connectivity index (χ0) is 27.9. The fraction of sp³-hybridized carbons (Fsp3) is 0.281. The molecule has 202 valence electrons. The molecular weight excluding hydrogens is 528 g/mol. The number of benzene rings is 3. The van der Waals surface area contributed by atoms with Crippen molar-refractivity contribution in [2.24, 2.45) is 0 Å². The van der Waals surface area contributed by atoms with Crippen molar-refractivity contribution in [2.45, 2.75) is 52.1 Å². The lowest BCUT2D eigenvalue weighted by atomic mass is 9.92. The lowest BCUT2D eigenvalue weighted by Gasteiger charge is -2.14. The van der Waals surface area contributed by atoms with E-state index in [4.69, 9.17) is 9.29 Å². The van der Waals surface area contributed by atoms with Gasteiger partial charge in [-0.25, -0.2) is 4.21 Å². The Kier molecular flexibility index (Phi) is 9.58. The van der Waals surface area contributed by atoms with Gasteiger partial charge in [-0.2, -0.15) is 0 Å². The third-order valence-electron chi connectivity index (χ3n) is 6.87. The van der Waals surface area contributed by atoms with E-state index in [0.717, 1.165) is 22.3 Å². The second-order valence-electron chi connectivity index (χ2n) is 9.67. The van der Waals surface area contributed by atoms with Crippen molar-refractivity contribution in [3.63, 3.8) is 0 Å². The zero-order valence-corrected chi connectivity index (χ0v) is 23.9. The third-order valence-corrected chi connectivity index (χ3v) is 8.41. The lowest BCUT2D eigenvalue weighted by Crippen LogP contribution is -2.05. The third kappa shape index (κ3) is 7.36. The molecule has 4 aromatic rings. The molecule has 7 heteroatoms. The predicted octanol–water partition coefficient (Wildman–Crippen LogP) is 7.75. The quantitative estimate of drug-likeness (QED) is 0.145. The van der Waals surface area contributed by atoms with E-state index in [9.17, 15) is 14.1 Å². The number of rotatable bonds is 11. The minimum absolute atomic E-state index is 0.0211. The summed E-state index contributed by atoms with van der Waals surface area (Å²) in [7, 11) is 0. The van der Waals surface area contributed by atoms with Gasteiger partial charge in [0, 0.05) is 21.4 Å². The van der Waals surface area contributed by atoms with Crippen LogP contribution in [0.3, 0.4) is 0 Å². The summed E-state index contributed by atoms with van der Waals surface area (Å²) in [5.41, 5.74) is 6.56. The molecule has 3 unspecified atom stereocenters. The molecule has 3 atom stereocenters. The molecule has 1 aromatic heterocycles. The standard InChI is InChI=1S/C32H32O5S2/c1-4-5-26(17-32(33)34)24-8-6-23(7-9-24)19-37-27-11-13-31-29(18-27)30(20-38-31)28-12-10-25(16-22(28)3)21(2)14-15-39(35)36/h6-13,16,18,20-21,26H,14-15,17,19H2,1-3H3,(H,33,34)(H,35,36). The molecule has 2 N–H and O–H groups in total. The maximum Gasteiger partial charge on any atom is 0.304 e. The first-order chi connectivity index (χ1) is 18.7. The molecular formula is C32H32O5S2. The maximum atomic E-state index is 11.2. The van der Waals surface area contributed by atoms with Gasteiger partial charge in [0.25, 0.3) is 0 Å². The smallest absolute Gasteiger partial charge is 0.304 e. The van der Waals surface area contributed by atoms with Crippen molar-refractivity contribution in [1.82, 2.24) is 0 Å². The molecule has 0 aliphatic carbocycles. The molecule has 0 amide bonds. The highest BCUT2D eigenvalue weighted by Crippen LogP contribution is 2.38. The Hall–Kier alpha value is -3.44. The topological polar surface area (TPSA) is 83.8 Å². The maximum absolute atomic E-state index is 11.2. The van der Waals surface area contributed by atoms with E-state index >= 15 is 0 Å². The average molecular weight is 561 g/mol. The van der Waals surface area contributed by atoms with E-state index in [1.807, 2.05) is 30.3 Å². The molecule has 39 heavy (non-hydrogen) atoms. The zero-order valence-electron chi connectivity index (χ0n) is 22.3. The summed E-state index contributed by atoms with van der Waals surface area (Å²) in [5.74, 6) is 5.89. The summed E-state index contributed by atoms with van der Waals surface area (Å²) < 4.78 is 27.5. The van der Waals surface area contributed by atoms with Gasteiger partial charge in [-0.3, -0.25) is 4.79 Å². The van der Waals surface area contributed by atoms with E-state index in [1.165, 1.54) is 27.0 Å². The molecule has 0 saturated heterocycles. The van der Waals surface area contributed by atoms with Crippen LogP contribution in [0.25, 0.3) is 21.2 Å². The Labute approximate surface area is 236 Å². The Morgan fingerprint density at radius 1 is 1.05 bits per heavy atom. The first-order valence-electron chi connectivity index (χ1n) is 12.8. The summed E-state index contributed by atoms with van der Waals surface area (Å²) in [6.45, 7) is 6.32. The molecule has 0 spiro atoms. The van der Waals surface area contributed by atoms with Gasteiger partial charge < -0.3 is 14.4 Å². The minimum atomic E-state index is -1.77. The first kappa shape index (κ1) is 28.6. The van der Waals surface area contributed by atoms with Crippen LogP contribution in [0.2, 0.25) is 0 Å². The fourth-order valence-corrected chi connectivity index (χ4v) is 6.16. The number of fused-ring (bicyclic) bond motifs is 1. The molecule has 0 aliphatic heterocycles. The fourth-order valence-electron chi connectivity index (χ4n) is 4.66. The van der Waals surface area contributed by atoms with E-state index < -0.39 is 17.0 Å². The Bertz CT molecular complexity index is 1540.